The fourth-order valence-electron chi connectivity index (χ4n) is 1.61. The van der Waals surface area contributed by atoms with Crippen LogP contribution in [0.2, 0.25) is 0 Å². The summed E-state index contributed by atoms with van der Waals surface area (Å²) >= 11 is 0. The molecule has 7 nitrogen and oxygen atoms in total. The molecule has 20 heavy (non-hydrogen) atoms. The molecular formula is C13H11NO6. The van der Waals surface area contributed by atoms with E-state index in [0.717, 1.165) is 14.2 Å². The Morgan fingerprint density at radius 3 is 2.40 bits per heavy atom. The number of phenols is 1. The quantitative estimate of drug-likeness (QED) is 0.630. The molecule has 0 fully saturated rings. The van der Waals surface area contributed by atoms with Gasteiger partial charge in [0, 0.05) is 0 Å². The van der Waals surface area contributed by atoms with Gasteiger partial charge in [0.05, 0.1) is 20.3 Å². The van der Waals surface area contributed by atoms with E-state index in [1.807, 2.05) is 0 Å². The second kappa shape index (κ2) is 6.33. The monoisotopic (exact) mass is 277 g/mol. The maximum Gasteiger partial charge on any atom is 0.376 e. The molecule has 0 saturated heterocycles. The first kappa shape index (κ1) is 15.2. The number of esters is 2. The summed E-state index contributed by atoms with van der Waals surface area (Å²) < 4.78 is 8.74. The SMILES string of the molecule is COC(=O)C(=O)C(C#N)c1cccc(O)c1C(=O)OC. The highest BCUT2D eigenvalue weighted by molar-refractivity contribution is 6.36. The summed E-state index contributed by atoms with van der Waals surface area (Å²) in [5, 5.41) is 18.7. The van der Waals surface area contributed by atoms with Crippen molar-refractivity contribution in [3.8, 4) is 11.8 Å². The Bertz CT molecular complexity index is 601. The summed E-state index contributed by atoms with van der Waals surface area (Å²) in [6, 6.07) is 5.43. The predicted octanol–water partition coefficient (Wildman–Crippen LogP) is 0.528. The van der Waals surface area contributed by atoms with Crippen LogP contribution in [0.25, 0.3) is 0 Å². The number of aromatic hydroxyl groups is 1. The lowest BCUT2D eigenvalue weighted by Crippen LogP contribution is -2.24. The zero-order valence-corrected chi connectivity index (χ0v) is 10.7. The molecule has 0 aliphatic rings. The van der Waals surface area contributed by atoms with E-state index in [-0.39, 0.29) is 11.1 Å². The molecule has 0 bridgehead atoms. The van der Waals surface area contributed by atoms with Crippen LogP contribution in [0.15, 0.2) is 18.2 Å². The van der Waals surface area contributed by atoms with Crippen LogP contribution in [-0.2, 0) is 19.1 Å². The van der Waals surface area contributed by atoms with Crippen molar-refractivity contribution in [2.45, 2.75) is 5.92 Å². The highest BCUT2D eigenvalue weighted by atomic mass is 16.5. The van der Waals surface area contributed by atoms with E-state index in [0.29, 0.717) is 0 Å². The van der Waals surface area contributed by atoms with Crippen LogP contribution in [0.4, 0.5) is 0 Å². The fourth-order valence-corrected chi connectivity index (χ4v) is 1.61. The van der Waals surface area contributed by atoms with Gasteiger partial charge in [-0.25, -0.2) is 9.59 Å². The minimum absolute atomic E-state index is 0.116. The first-order valence-electron chi connectivity index (χ1n) is 5.39. The Hall–Kier alpha value is -2.88. The molecule has 1 N–H and O–H groups in total. The summed E-state index contributed by atoms with van der Waals surface area (Å²) in [6.45, 7) is 0. The van der Waals surface area contributed by atoms with Crippen molar-refractivity contribution >= 4 is 17.7 Å². The van der Waals surface area contributed by atoms with Gasteiger partial charge < -0.3 is 14.6 Å². The topological polar surface area (TPSA) is 114 Å². The van der Waals surface area contributed by atoms with Crippen molar-refractivity contribution < 1.29 is 29.0 Å². The van der Waals surface area contributed by atoms with Crippen LogP contribution in [0.1, 0.15) is 21.8 Å². The molecule has 1 atom stereocenters. The van der Waals surface area contributed by atoms with E-state index >= 15 is 0 Å². The third kappa shape index (κ3) is 2.75. The average Bonchev–Trinajstić information content (AvgIpc) is 2.46. The number of nitrogens with zero attached hydrogens (tertiary/aromatic N) is 1. The van der Waals surface area contributed by atoms with E-state index in [1.54, 1.807) is 6.07 Å². The van der Waals surface area contributed by atoms with Gasteiger partial charge in [0.2, 0.25) is 0 Å². The Morgan fingerprint density at radius 2 is 1.90 bits per heavy atom. The number of carbonyl (C=O) groups is 3. The van der Waals surface area contributed by atoms with Crippen molar-refractivity contribution in [3.63, 3.8) is 0 Å². The smallest absolute Gasteiger partial charge is 0.376 e. The molecule has 0 aliphatic carbocycles. The number of rotatable bonds is 4. The molecule has 0 heterocycles. The van der Waals surface area contributed by atoms with Crippen molar-refractivity contribution in [3.05, 3.63) is 29.3 Å². The minimum Gasteiger partial charge on any atom is -0.507 e. The predicted molar refractivity (Wildman–Crippen MR) is 64.8 cm³/mol. The summed E-state index contributed by atoms with van der Waals surface area (Å²) in [7, 11) is 2.08. The molecule has 1 aromatic carbocycles. The van der Waals surface area contributed by atoms with E-state index < -0.39 is 29.4 Å². The standard InChI is InChI=1S/C13H11NO6/c1-19-12(17)10-7(4-3-5-9(10)15)8(6-14)11(16)13(18)20-2/h3-5,8,15H,1-2H3. The van der Waals surface area contributed by atoms with Crippen molar-refractivity contribution in [1.29, 1.82) is 5.26 Å². The van der Waals surface area contributed by atoms with Crippen molar-refractivity contribution in [2.24, 2.45) is 0 Å². The number of ether oxygens (including phenoxy) is 2. The number of hydrogen-bond donors (Lipinski definition) is 1. The molecule has 104 valence electrons. The lowest BCUT2D eigenvalue weighted by atomic mass is 9.91. The second-order valence-electron chi connectivity index (χ2n) is 3.65. The molecule has 1 aromatic rings. The number of benzene rings is 1. The number of phenolic OH excluding ortho intramolecular Hbond substituents is 1. The van der Waals surface area contributed by atoms with E-state index in [1.165, 1.54) is 18.2 Å². The van der Waals surface area contributed by atoms with Gasteiger partial charge in [-0.15, -0.1) is 0 Å². The normalized spacial score (nSPS) is 11.1. The maximum absolute atomic E-state index is 11.7. The molecule has 0 amide bonds. The third-order valence-corrected chi connectivity index (χ3v) is 2.55. The van der Waals surface area contributed by atoms with Gasteiger partial charge in [-0.1, -0.05) is 12.1 Å². The molecule has 0 aliphatic heterocycles. The lowest BCUT2D eigenvalue weighted by Gasteiger charge is -2.12. The Balaban J connectivity index is 3.41. The summed E-state index contributed by atoms with van der Waals surface area (Å²) in [6.07, 6.45) is 0. The van der Waals surface area contributed by atoms with Gasteiger partial charge in [-0.05, 0) is 11.6 Å². The molecule has 7 heteroatoms. The first-order valence-corrected chi connectivity index (χ1v) is 5.39. The van der Waals surface area contributed by atoms with Crippen LogP contribution in [0, 0.1) is 11.3 Å². The van der Waals surface area contributed by atoms with Gasteiger partial charge in [0.25, 0.3) is 5.78 Å². The summed E-state index contributed by atoms with van der Waals surface area (Å²) in [5.74, 6) is -5.28. The van der Waals surface area contributed by atoms with Crippen LogP contribution in [-0.4, -0.2) is 37.0 Å². The molecule has 0 spiro atoms. The maximum atomic E-state index is 11.7. The van der Waals surface area contributed by atoms with Gasteiger partial charge in [0.1, 0.15) is 17.2 Å². The Kier molecular flexibility index (Phi) is 4.81. The molecule has 1 rings (SSSR count). The minimum atomic E-state index is -1.57. The fraction of sp³-hybridized carbons (Fsp3) is 0.231. The first-order chi connectivity index (χ1) is 9.47. The Morgan fingerprint density at radius 1 is 1.25 bits per heavy atom. The third-order valence-electron chi connectivity index (χ3n) is 2.55. The van der Waals surface area contributed by atoms with Gasteiger partial charge >= 0.3 is 11.9 Å². The molecule has 1 unspecified atom stereocenters. The van der Waals surface area contributed by atoms with Crippen molar-refractivity contribution in [1.82, 2.24) is 0 Å². The van der Waals surface area contributed by atoms with Crippen LogP contribution >= 0.6 is 0 Å². The lowest BCUT2D eigenvalue weighted by molar-refractivity contribution is -0.151. The van der Waals surface area contributed by atoms with E-state index in [4.69, 9.17) is 5.26 Å². The highest BCUT2D eigenvalue weighted by Crippen LogP contribution is 2.28. The molecule has 0 aromatic heterocycles. The van der Waals surface area contributed by atoms with Gasteiger partial charge in [-0.2, -0.15) is 5.26 Å². The van der Waals surface area contributed by atoms with E-state index in [2.05, 4.69) is 9.47 Å². The largest absolute Gasteiger partial charge is 0.507 e. The van der Waals surface area contributed by atoms with Crippen LogP contribution in [0.5, 0.6) is 5.75 Å². The number of hydrogen-bond acceptors (Lipinski definition) is 7. The number of Topliss-reactive ketones (excluding diaryl/α,β-unsaturated/α-hetero) is 1. The molecule has 0 radical (unpaired) electrons. The zero-order chi connectivity index (χ0) is 15.3. The number of carbonyl (C=O) groups excluding carboxylic acids is 3. The second-order valence-corrected chi connectivity index (χ2v) is 3.65. The molecule has 0 saturated carbocycles. The number of nitriles is 1. The van der Waals surface area contributed by atoms with Crippen molar-refractivity contribution in [2.75, 3.05) is 14.2 Å². The number of methoxy groups -OCH3 is 2. The van der Waals surface area contributed by atoms with Gasteiger partial charge in [-0.3, -0.25) is 4.79 Å². The van der Waals surface area contributed by atoms with Crippen LogP contribution in [0.3, 0.4) is 0 Å². The van der Waals surface area contributed by atoms with Gasteiger partial charge in [0.15, 0.2) is 0 Å². The summed E-state index contributed by atoms with van der Waals surface area (Å²) in [5.41, 5.74) is -0.450. The molecular weight excluding hydrogens is 266 g/mol. The average molecular weight is 277 g/mol. The van der Waals surface area contributed by atoms with Crippen LogP contribution < -0.4 is 0 Å². The highest BCUT2D eigenvalue weighted by Gasteiger charge is 2.32. The number of ketones is 1. The van der Waals surface area contributed by atoms with E-state index in [9.17, 15) is 19.5 Å². The summed E-state index contributed by atoms with van der Waals surface area (Å²) in [4.78, 5) is 34.6. The Labute approximate surface area is 114 Å². The zero-order valence-electron chi connectivity index (χ0n) is 10.7.